The summed E-state index contributed by atoms with van der Waals surface area (Å²) in [5.41, 5.74) is 6.02. The molecule has 0 saturated carbocycles. The third-order valence-corrected chi connectivity index (χ3v) is 4.40. The molecule has 0 amide bonds. The van der Waals surface area contributed by atoms with Crippen molar-refractivity contribution >= 4 is 44.6 Å². The summed E-state index contributed by atoms with van der Waals surface area (Å²) in [6, 6.07) is 7.25. The minimum Gasteiger partial charge on any atom is -0.399 e. The van der Waals surface area contributed by atoms with Crippen LogP contribution in [0.4, 0.5) is 11.4 Å². The van der Waals surface area contributed by atoms with Gasteiger partial charge < -0.3 is 5.73 Å². The molecule has 100 valence electrons. The molecule has 2 aromatic rings. The zero-order valence-electron chi connectivity index (χ0n) is 9.47. The molecule has 0 aliphatic rings. The van der Waals surface area contributed by atoms with E-state index in [4.69, 9.17) is 28.9 Å². The van der Waals surface area contributed by atoms with Gasteiger partial charge in [-0.15, -0.1) is 0 Å². The van der Waals surface area contributed by atoms with Gasteiger partial charge >= 0.3 is 0 Å². The summed E-state index contributed by atoms with van der Waals surface area (Å²) in [6.45, 7) is 0. The Morgan fingerprint density at radius 1 is 1.21 bits per heavy atom. The first kappa shape index (κ1) is 13.9. The van der Waals surface area contributed by atoms with Gasteiger partial charge in [0.15, 0.2) is 5.15 Å². The Morgan fingerprint density at radius 2 is 1.95 bits per heavy atom. The Kier molecular flexibility index (Phi) is 3.84. The van der Waals surface area contributed by atoms with Crippen LogP contribution in [-0.4, -0.2) is 13.4 Å². The third-order valence-electron chi connectivity index (χ3n) is 2.25. The third kappa shape index (κ3) is 3.09. The molecule has 0 aliphatic carbocycles. The van der Waals surface area contributed by atoms with Crippen molar-refractivity contribution < 1.29 is 8.42 Å². The van der Waals surface area contributed by atoms with Crippen LogP contribution < -0.4 is 10.5 Å². The highest BCUT2D eigenvalue weighted by molar-refractivity contribution is 7.92. The maximum atomic E-state index is 12.2. The number of aromatic nitrogens is 1. The number of nitrogens with zero attached hydrogens (tertiary/aromatic N) is 1. The van der Waals surface area contributed by atoms with E-state index in [0.717, 1.165) is 0 Å². The van der Waals surface area contributed by atoms with Gasteiger partial charge in [0.05, 0.1) is 10.7 Å². The van der Waals surface area contributed by atoms with E-state index in [0.29, 0.717) is 5.69 Å². The Balaban J connectivity index is 2.44. The van der Waals surface area contributed by atoms with Crippen molar-refractivity contribution in [2.45, 2.75) is 4.90 Å². The molecular weight excluding hydrogens is 309 g/mol. The van der Waals surface area contributed by atoms with Crippen LogP contribution in [0.25, 0.3) is 0 Å². The summed E-state index contributed by atoms with van der Waals surface area (Å²) in [6.07, 6.45) is 1.45. The van der Waals surface area contributed by atoms with Gasteiger partial charge in [0, 0.05) is 11.9 Å². The van der Waals surface area contributed by atoms with Crippen LogP contribution in [0.1, 0.15) is 0 Å². The van der Waals surface area contributed by atoms with Crippen LogP contribution in [0.2, 0.25) is 10.2 Å². The molecule has 3 N–H and O–H groups in total. The van der Waals surface area contributed by atoms with E-state index < -0.39 is 10.0 Å². The molecule has 0 unspecified atom stereocenters. The second-order valence-electron chi connectivity index (χ2n) is 3.64. The van der Waals surface area contributed by atoms with E-state index >= 15 is 0 Å². The zero-order valence-corrected chi connectivity index (χ0v) is 11.8. The van der Waals surface area contributed by atoms with Gasteiger partial charge in [-0.1, -0.05) is 23.2 Å². The first-order valence-corrected chi connectivity index (χ1v) is 7.32. The molecular formula is C11H9Cl2N3O2S. The number of nitrogens with one attached hydrogen (secondary N) is 1. The smallest absolute Gasteiger partial charge is 0.263 e. The monoisotopic (exact) mass is 317 g/mol. The number of nitrogens with two attached hydrogens (primary N) is 1. The van der Waals surface area contributed by atoms with Crippen LogP contribution in [0.15, 0.2) is 41.4 Å². The number of anilines is 2. The van der Waals surface area contributed by atoms with Crippen molar-refractivity contribution in [2.75, 3.05) is 10.5 Å². The molecule has 1 heterocycles. The van der Waals surface area contributed by atoms with Crippen LogP contribution in [-0.2, 0) is 10.0 Å². The predicted molar refractivity (Wildman–Crippen MR) is 75.9 cm³/mol. The lowest BCUT2D eigenvalue weighted by atomic mass is 10.3. The fraction of sp³-hybridized carbons (Fsp3) is 0. The minimum atomic E-state index is -3.88. The summed E-state index contributed by atoms with van der Waals surface area (Å²) < 4.78 is 26.7. The molecule has 0 saturated heterocycles. The van der Waals surface area contributed by atoms with Crippen LogP contribution >= 0.6 is 23.2 Å². The topological polar surface area (TPSA) is 85.1 Å². The van der Waals surface area contributed by atoms with Crippen molar-refractivity contribution in [3.63, 3.8) is 0 Å². The number of pyridine rings is 1. The number of benzene rings is 1. The maximum absolute atomic E-state index is 12.2. The number of sulfonamides is 1. The van der Waals surface area contributed by atoms with E-state index in [1.807, 2.05) is 0 Å². The van der Waals surface area contributed by atoms with Gasteiger partial charge in [-0.05, 0) is 30.3 Å². The SMILES string of the molecule is Nc1ccc(Cl)c(S(=O)(=O)Nc2cccnc2Cl)c1. The Hall–Kier alpha value is -1.50. The van der Waals surface area contributed by atoms with Crippen LogP contribution in [0.5, 0.6) is 0 Å². The molecule has 1 aromatic heterocycles. The van der Waals surface area contributed by atoms with E-state index in [1.165, 1.54) is 30.5 Å². The first-order chi connectivity index (χ1) is 8.90. The van der Waals surface area contributed by atoms with Gasteiger partial charge in [0.1, 0.15) is 4.90 Å². The standard InChI is InChI=1S/C11H9Cl2N3O2S/c12-8-4-3-7(14)6-10(8)19(17,18)16-9-2-1-5-15-11(9)13/h1-6,16H,14H2. The van der Waals surface area contributed by atoms with Crippen molar-refractivity contribution in [1.29, 1.82) is 0 Å². The Labute approximate surface area is 120 Å². The number of halogens is 2. The summed E-state index contributed by atoms with van der Waals surface area (Å²) in [5, 5.41) is 0.118. The van der Waals surface area contributed by atoms with Crippen molar-refractivity contribution in [3.8, 4) is 0 Å². The number of hydrogen-bond donors (Lipinski definition) is 2. The van der Waals surface area contributed by atoms with Gasteiger partial charge in [-0.25, -0.2) is 13.4 Å². The van der Waals surface area contributed by atoms with E-state index in [2.05, 4.69) is 9.71 Å². The summed E-state index contributed by atoms with van der Waals surface area (Å²) in [7, 11) is -3.88. The van der Waals surface area contributed by atoms with Crippen molar-refractivity contribution in [1.82, 2.24) is 4.98 Å². The molecule has 0 bridgehead atoms. The average Bonchev–Trinajstić information content (AvgIpc) is 2.35. The number of nitrogen functional groups attached to an aromatic ring is 1. The molecule has 0 aliphatic heterocycles. The van der Waals surface area contributed by atoms with Gasteiger partial charge in [0.2, 0.25) is 0 Å². The quantitative estimate of drug-likeness (QED) is 0.673. The molecule has 8 heteroatoms. The second-order valence-corrected chi connectivity index (χ2v) is 6.05. The molecule has 1 aromatic carbocycles. The highest BCUT2D eigenvalue weighted by atomic mass is 35.5. The normalized spacial score (nSPS) is 11.3. The predicted octanol–water partition coefficient (Wildman–Crippen LogP) is 2.77. The van der Waals surface area contributed by atoms with Gasteiger partial charge in [-0.3, -0.25) is 4.72 Å². The molecule has 2 rings (SSSR count). The van der Waals surface area contributed by atoms with E-state index in [-0.39, 0.29) is 20.8 Å². The molecule has 0 radical (unpaired) electrons. The molecule has 5 nitrogen and oxygen atoms in total. The number of hydrogen-bond acceptors (Lipinski definition) is 4. The lowest BCUT2D eigenvalue weighted by molar-refractivity contribution is 0.601. The Morgan fingerprint density at radius 3 is 2.63 bits per heavy atom. The van der Waals surface area contributed by atoms with E-state index in [1.54, 1.807) is 6.07 Å². The zero-order chi connectivity index (χ0) is 14.0. The first-order valence-electron chi connectivity index (χ1n) is 5.08. The summed E-state index contributed by atoms with van der Waals surface area (Å²) >= 11 is 11.7. The lowest BCUT2D eigenvalue weighted by Crippen LogP contribution is -2.14. The largest absolute Gasteiger partial charge is 0.399 e. The molecule has 0 spiro atoms. The second kappa shape index (κ2) is 5.24. The van der Waals surface area contributed by atoms with Crippen LogP contribution in [0, 0.1) is 0 Å². The average molecular weight is 318 g/mol. The highest BCUT2D eigenvalue weighted by Crippen LogP contribution is 2.27. The van der Waals surface area contributed by atoms with Crippen molar-refractivity contribution in [3.05, 3.63) is 46.7 Å². The summed E-state index contributed by atoms with van der Waals surface area (Å²) in [4.78, 5) is 3.66. The molecule has 0 fully saturated rings. The fourth-order valence-corrected chi connectivity index (χ4v) is 3.21. The molecule has 19 heavy (non-hydrogen) atoms. The van der Waals surface area contributed by atoms with Gasteiger partial charge in [0.25, 0.3) is 10.0 Å². The molecule has 0 atom stereocenters. The van der Waals surface area contributed by atoms with Crippen LogP contribution in [0.3, 0.4) is 0 Å². The van der Waals surface area contributed by atoms with E-state index in [9.17, 15) is 8.42 Å². The van der Waals surface area contributed by atoms with Gasteiger partial charge in [-0.2, -0.15) is 0 Å². The van der Waals surface area contributed by atoms with Crippen molar-refractivity contribution in [2.24, 2.45) is 0 Å². The highest BCUT2D eigenvalue weighted by Gasteiger charge is 2.19. The fourth-order valence-electron chi connectivity index (χ4n) is 1.39. The Bertz CT molecular complexity index is 720. The maximum Gasteiger partial charge on any atom is 0.263 e. The number of rotatable bonds is 3. The summed E-state index contributed by atoms with van der Waals surface area (Å²) in [5.74, 6) is 0. The lowest BCUT2D eigenvalue weighted by Gasteiger charge is -2.10. The minimum absolute atomic E-state index is 0.0473.